The van der Waals surface area contributed by atoms with Crippen LogP contribution >= 0.6 is 0 Å². The van der Waals surface area contributed by atoms with Crippen LogP contribution in [0.3, 0.4) is 0 Å². The minimum atomic E-state index is -0.375. The van der Waals surface area contributed by atoms with Crippen LogP contribution in [0, 0.1) is 5.92 Å². The van der Waals surface area contributed by atoms with Gasteiger partial charge in [0.05, 0.1) is 25.3 Å². The van der Waals surface area contributed by atoms with Crippen molar-refractivity contribution in [3.05, 3.63) is 23.4 Å². The fourth-order valence-corrected chi connectivity index (χ4v) is 2.43. The molecule has 0 radical (unpaired) electrons. The van der Waals surface area contributed by atoms with E-state index in [2.05, 4.69) is 4.98 Å². The molecule has 0 spiro atoms. The molecule has 0 N–H and O–H groups in total. The van der Waals surface area contributed by atoms with Crippen molar-refractivity contribution in [1.29, 1.82) is 0 Å². The van der Waals surface area contributed by atoms with Gasteiger partial charge in [-0.05, 0) is 37.3 Å². The second-order valence-corrected chi connectivity index (χ2v) is 5.99. The van der Waals surface area contributed by atoms with Gasteiger partial charge in [0, 0.05) is 6.54 Å². The summed E-state index contributed by atoms with van der Waals surface area (Å²) in [6.07, 6.45) is 1.48. The maximum absolute atomic E-state index is 12.3. The average molecular weight is 320 g/mol. The Bertz CT molecular complexity index is 572. The number of esters is 1. The highest BCUT2D eigenvalue weighted by Crippen LogP contribution is 2.26. The van der Waals surface area contributed by atoms with E-state index in [4.69, 9.17) is 9.47 Å². The van der Waals surface area contributed by atoms with Gasteiger partial charge in [0.1, 0.15) is 5.82 Å². The molecular weight excluding hydrogens is 296 g/mol. The zero-order chi connectivity index (χ0) is 16.8. The highest BCUT2D eigenvalue weighted by molar-refractivity contribution is 5.88. The van der Waals surface area contributed by atoms with Gasteiger partial charge in [0.2, 0.25) is 0 Å². The molecule has 0 aliphatic carbocycles. The molecule has 0 aromatic carbocycles. The van der Waals surface area contributed by atoms with Crippen molar-refractivity contribution in [3.63, 3.8) is 0 Å². The number of rotatable bonds is 5. The Hall–Kier alpha value is -2.11. The molecule has 1 aromatic rings. The van der Waals surface area contributed by atoms with Crippen molar-refractivity contribution >= 4 is 17.9 Å². The van der Waals surface area contributed by atoms with Crippen LogP contribution in [0.25, 0.3) is 0 Å². The molecule has 1 aliphatic heterocycles. The molecule has 1 aliphatic rings. The summed E-state index contributed by atoms with van der Waals surface area (Å²) in [5.41, 5.74) is 1.61. The SMILES string of the molecule is CCOC(=O)Cc1ccc2c(n1)N(C(=O)OCC(C)C)CCC2. The van der Waals surface area contributed by atoms with Crippen LogP contribution in [0.2, 0.25) is 0 Å². The second kappa shape index (κ2) is 7.94. The Morgan fingerprint density at radius 1 is 1.30 bits per heavy atom. The van der Waals surface area contributed by atoms with Gasteiger partial charge in [-0.15, -0.1) is 0 Å². The molecule has 6 heteroatoms. The predicted molar refractivity (Wildman–Crippen MR) is 86.4 cm³/mol. The van der Waals surface area contributed by atoms with E-state index in [1.54, 1.807) is 11.8 Å². The van der Waals surface area contributed by atoms with Crippen molar-refractivity contribution < 1.29 is 19.1 Å². The molecular formula is C17H24N2O4. The Balaban J connectivity index is 2.15. The number of carbonyl (C=O) groups is 2. The average Bonchev–Trinajstić information content (AvgIpc) is 2.52. The first-order valence-corrected chi connectivity index (χ1v) is 8.10. The third kappa shape index (κ3) is 4.68. The van der Waals surface area contributed by atoms with Gasteiger partial charge in [0.15, 0.2) is 0 Å². The monoisotopic (exact) mass is 320 g/mol. The second-order valence-electron chi connectivity index (χ2n) is 5.99. The molecule has 0 atom stereocenters. The molecule has 0 fully saturated rings. The van der Waals surface area contributed by atoms with Gasteiger partial charge >= 0.3 is 12.1 Å². The molecule has 0 saturated carbocycles. The van der Waals surface area contributed by atoms with Crippen LogP contribution in [0.4, 0.5) is 10.6 Å². The summed E-state index contributed by atoms with van der Waals surface area (Å²) in [6, 6.07) is 3.75. The van der Waals surface area contributed by atoms with Crippen LogP contribution in [0.15, 0.2) is 12.1 Å². The summed E-state index contributed by atoms with van der Waals surface area (Å²) in [6.45, 7) is 7.06. The third-order valence-corrected chi connectivity index (χ3v) is 3.49. The molecule has 6 nitrogen and oxygen atoms in total. The quantitative estimate of drug-likeness (QED) is 0.780. The number of carbonyl (C=O) groups excluding carboxylic acids is 2. The lowest BCUT2D eigenvalue weighted by Gasteiger charge is -2.28. The van der Waals surface area contributed by atoms with Crippen molar-refractivity contribution in [2.45, 2.75) is 40.0 Å². The summed E-state index contributed by atoms with van der Waals surface area (Å²) in [4.78, 5) is 29.9. The van der Waals surface area contributed by atoms with E-state index in [-0.39, 0.29) is 24.4 Å². The van der Waals surface area contributed by atoms with Crippen LogP contribution in [0.1, 0.15) is 38.4 Å². The first kappa shape index (κ1) is 17.2. The summed E-state index contributed by atoms with van der Waals surface area (Å²) >= 11 is 0. The summed E-state index contributed by atoms with van der Waals surface area (Å²) < 4.78 is 10.3. The molecule has 1 amide bonds. The van der Waals surface area contributed by atoms with Gasteiger partial charge in [-0.1, -0.05) is 19.9 Å². The lowest BCUT2D eigenvalue weighted by Crippen LogP contribution is -2.37. The zero-order valence-electron chi connectivity index (χ0n) is 14.0. The lowest BCUT2D eigenvalue weighted by atomic mass is 10.1. The van der Waals surface area contributed by atoms with Crippen molar-refractivity contribution in [2.24, 2.45) is 5.92 Å². The predicted octanol–water partition coefficient (Wildman–Crippen LogP) is 2.73. The maximum Gasteiger partial charge on any atom is 0.415 e. The number of hydrogen-bond donors (Lipinski definition) is 0. The Morgan fingerprint density at radius 2 is 2.09 bits per heavy atom. The van der Waals surface area contributed by atoms with Crippen molar-refractivity contribution in [2.75, 3.05) is 24.7 Å². The number of hydrogen-bond acceptors (Lipinski definition) is 5. The Morgan fingerprint density at radius 3 is 2.78 bits per heavy atom. The highest BCUT2D eigenvalue weighted by atomic mass is 16.6. The van der Waals surface area contributed by atoms with E-state index in [1.807, 2.05) is 26.0 Å². The lowest BCUT2D eigenvalue weighted by molar-refractivity contribution is -0.142. The molecule has 1 aromatic heterocycles. The zero-order valence-corrected chi connectivity index (χ0v) is 14.0. The number of aryl methyl sites for hydroxylation is 1. The van der Waals surface area contributed by atoms with Gasteiger partial charge in [-0.2, -0.15) is 0 Å². The number of pyridine rings is 1. The van der Waals surface area contributed by atoms with E-state index in [1.165, 1.54) is 0 Å². The normalized spacial score (nSPS) is 13.7. The summed E-state index contributed by atoms with van der Waals surface area (Å²) in [5, 5.41) is 0. The molecule has 0 saturated heterocycles. The van der Waals surface area contributed by atoms with Crippen LogP contribution in [0.5, 0.6) is 0 Å². The van der Waals surface area contributed by atoms with Gasteiger partial charge in [0.25, 0.3) is 0 Å². The van der Waals surface area contributed by atoms with E-state index < -0.39 is 0 Å². The first-order chi connectivity index (χ1) is 11.0. The minimum absolute atomic E-state index is 0.107. The minimum Gasteiger partial charge on any atom is -0.466 e. The molecule has 2 rings (SSSR count). The fraction of sp³-hybridized carbons (Fsp3) is 0.588. The number of anilines is 1. The standard InChI is InChI=1S/C17H24N2O4/c1-4-22-15(20)10-14-8-7-13-6-5-9-19(16(13)18-14)17(21)23-11-12(2)3/h7-8,12H,4-6,9-11H2,1-3H3. The number of amides is 1. The van der Waals surface area contributed by atoms with Crippen molar-refractivity contribution in [3.8, 4) is 0 Å². The molecule has 23 heavy (non-hydrogen) atoms. The number of ether oxygens (including phenoxy) is 2. The van der Waals surface area contributed by atoms with Crippen LogP contribution in [-0.4, -0.2) is 36.8 Å². The molecule has 2 heterocycles. The largest absolute Gasteiger partial charge is 0.466 e. The van der Waals surface area contributed by atoms with Gasteiger partial charge in [-0.25, -0.2) is 9.78 Å². The summed E-state index contributed by atoms with van der Waals surface area (Å²) in [7, 11) is 0. The third-order valence-electron chi connectivity index (χ3n) is 3.49. The Labute approximate surface area is 136 Å². The highest BCUT2D eigenvalue weighted by Gasteiger charge is 2.26. The summed E-state index contributed by atoms with van der Waals surface area (Å²) in [5.74, 6) is 0.572. The Kier molecular flexibility index (Phi) is 5.96. The van der Waals surface area contributed by atoms with Crippen LogP contribution in [-0.2, 0) is 27.1 Å². The van der Waals surface area contributed by atoms with E-state index in [0.29, 0.717) is 31.3 Å². The smallest absolute Gasteiger partial charge is 0.415 e. The number of nitrogens with zero attached hydrogens (tertiary/aromatic N) is 2. The number of aromatic nitrogens is 1. The fourth-order valence-electron chi connectivity index (χ4n) is 2.43. The van der Waals surface area contributed by atoms with Crippen molar-refractivity contribution in [1.82, 2.24) is 4.98 Å². The number of fused-ring (bicyclic) bond motifs is 1. The molecule has 0 unspecified atom stereocenters. The van der Waals surface area contributed by atoms with E-state index in [9.17, 15) is 9.59 Å². The topological polar surface area (TPSA) is 68.7 Å². The first-order valence-electron chi connectivity index (χ1n) is 8.10. The van der Waals surface area contributed by atoms with Gasteiger partial charge in [-0.3, -0.25) is 9.69 Å². The molecule has 0 bridgehead atoms. The van der Waals surface area contributed by atoms with Crippen LogP contribution < -0.4 is 4.90 Å². The van der Waals surface area contributed by atoms with Gasteiger partial charge < -0.3 is 9.47 Å². The molecule has 126 valence electrons. The van der Waals surface area contributed by atoms with E-state index in [0.717, 1.165) is 18.4 Å². The maximum atomic E-state index is 12.3. The van der Waals surface area contributed by atoms with E-state index >= 15 is 0 Å².